The van der Waals surface area contributed by atoms with Gasteiger partial charge in [-0.3, -0.25) is 0 Å². The Balaban J connectivity index is 1.42. The van der Waals surface area contributed by atoms with E-state index in [-0.39, 0.29) is 0 Å². The van der Waals surface area contributed by atoms with Crippen LogP contribution in [0.1, 0.15) is 16.7 Å². The lowest BCUT2D eigenvalue weighted by Gasteiger charge is -2.11. The number of aromatic amines is 1. The maximum absolute atomic E-state index is 5.33. The zero-order valence-electron chi connectivity index (χ0n) is 15.8. The minimum Gasteiger partial charge on any atom is -0.481 e. The molecule has 0 spiro atoms. The van der Waals surface area contributed by atoms with Crippen molar-refractivity contribution in [1.29, 1.82) is 0 Å². The van der Waals surface area contributed by atoms with E-state index in [2.05, 4.69) is 37.4 Å². The Morgan fingerprint density at radius 2 is 1.93 bits per heavy atom. The molecule has 4 rings (SSSR count). The van der Waals surface area contributed by atoms with Crippen molar-refractivity contribution in [3.8, 4) is 11.8 Å². The number of rotatable bonds is 7. The molecule has 4 heterocycles. The van der Waals surface area contributed by atoms with Gasteiger partial charge in [0.05, 0.1) is 14.2 Å². The average Bonchev–Trinajstić information content (AvgIpc) is 3.16. The van der Waals surface area contributed by atoms with Crippen LogP contribution in [0.3, 0.4) is 0 Å². The second kappa shape index (κ2) is 7.96. The molecular weight excluding hydrogens is 354 g/mol. The van der Waals surface area contributed by atoms with Gasteiger partial charge >= 0.3 is 0 Å². The fourth-order valence-electron chi connectivity index (χ4n) is 3.08. The fraction of sp³-hybridized carbons (Fsp3) is 0.190. The molecular formula is C21H21N5O2. The van der Waals surface area contributed by atoms with Crippen LogP contribution >= 0.6 is 0 Å². The van der Waals surface area contributed by atoms with Crippen molar-refractivity contribution in [1.82, 2.24) is 19.9 Å². The Kier molecular flexibility index (Phi) is 5.05. The summed E-state index contributed by atoms with van der Waals surface area (Å²) in [5.74, 6) is 1.86. The van der Waals surface area contributed by atoms with Gasteiger partial charge in [-0.2, -0.15) is 4.98 Å². The number of methoxy groups -OCH3 is 2. The number of aromatic nitrogens is 4. The molecule has 0 amide bonds. The van der Waals surface area contributed by atoms with Crippen LogP contribution in [-0.2, 0) is 13.0 Å². The molecule has 0 saturated heterocycles. The number of nitrogens with one attached hydrogen (secondary N) is 2. The highest BCUT2D eigenvalue weighted by Gasteiger charge is 2.08. The Bertz CT molecular complexity index is 1080. The van der Waals surface area contributed by atoms with Gasteiger partial charge in [-0.15, -0.1) is 0 Å². The summed E-state index contributed by atoms with van der Waals surface area (Å²) in [7, 11) is 3.18. The van der Waals surface area contributed by atoms with Crippen LogP contribution < -0.4 is 14.8 Å². The Morgan fingerprint density at radius 3 is 2.71 bits per heavy atom. The number of fused-ring (bicyclic) bond motifs is 1. The van der Waals surface area contributed by atoms with Gasteiger partial charge in [0.1, 0.15) is 11.5 Å². The van der Waals surface area contributed by atoms with Crippen LogP contribution in [0.25, 0.3) is 11.0 Å². The summed E-state index contributed by atoms with van der Waals surface area (Å²) in [5, 5.41) is 4.44. The van der Waals surface area contributed by atoms with Crippen LogP contribution in [0.15, 0.2) is 55.0 Å². The molecule has 0 aliphatic rings. The van der Waals surface area contributed by atoms with Gasteiger partial charge in [-0.1, -0.05) is 6.07 Å². The van der Waals surface area contributed by atoms with Crippen molar-refractivity contribution >= 4 is 16.9 Å². The molecule has 142 valence electrons. The van der Waals surface area contributed by atoms with Crippen molar-refractivity contribution in [2.45, 2.75) is 13.0 Å². The molecule has 4 aromatic rings. The van der Waals surface area contributed by atoms with E-state index in [9.17, 15) is 0 Å². The van der Waals surface area contributed by atoms with Crippen LogP contribution in [0, 0.1) is 0 Å². The maximum Gasteiger partial charge on any atom is 0.221 e. The van der Waals surface area contributed by atoms with Crippen molar-refractivity contribution < 1.29 is 9.47 Å². The largest absolute Gasteiger partial charge is 0.481 e. The minimum atomic E-state index is 0.524. The predicted octanol–water partition coefficient (Wildman–Crippen LogP) is 3.57. The molecule has 0 atom stereocenters. The van der Waals surface area contributed by atoms with Crippen molar-refractivity contribution in [2.75, 3.05) is 19.5 Å². The zero-order valence-corrected chi connectivity index (χ0v) is 15.8. The van der Waals surface area contributed by atoms with Crippen LogP contribution in [-0.4, -0.2) is 34.2 Å². The molecule has 0 radical (unpaired) electrons. The van der Waals surface area contributed by atoms with E-state index in [1.165, 1.54) is 5.56 Å². The SMILES string of the molecule is COc1ccc(CNc2ccc(Cc3c[nH]c4ncccc34)cn2)c(OC)n1. The molecule has 0 unspecified atom stereocenters. The molecule has 0 aliphatic carbocycles. The molecule has 7 nitrogen and oxygen atoms in total. The summed E-state index contributed by atoms with van der Waals surface area (Å²) in [4.78, 5) is 16.3. The monoisotopic (exact) mass is 375 g/mol. The second-order valence-corrected chi connectivity index (χ2v) is 6.32. The van der Waals surface area contributed by atoms with Crippen LogP contribution in [0.4, 0.5) is 5.82 Å². The van der Waals surface area contributed by atoms with Gasteiger partial charge in [-0.05, 0) is 35.4 Å². The van der Waals surface area contributed by atoms with Gasteiger partial charge in [0, 0.05) is 48.6 Å². The number of anilines is 1. The number of ether oxygens (including phenoxy) is 2. The maximum atomic E-state index is 5.33. The van der Waals surface area contributed by atoms with Crippen LogP contribution in [0.2, 0.25) is 0 Å². The quantitative estimate of drug-likeness (QED) is 0.514. The van der Waals surface area contributed by atoms with Crippen LogP contribution in [0.5, 0.6) is 11.8 Å². The van der Waals surface area contributed by atoms with E-state index in [1.54, 1.807) is 20.4 Å². The van der Waals surface area contributed by atoms with Crippen molar-refractivity contribution in [2.24, 2.45) is 0 Å². The van der Waals surface area contributed by atoms with E-state index >= 15 is 0 Å². The molecule has 2 N–H and O–H groups in total. The number of nitrogens with zero attached hydrogens (tertiary/aromatic N) is 3. The van der Waals surface area contributed by atoms with Crippen molar-refractivity contribution in [3.05, 3.63) is 71.7 Å². The van der Waals surface area contributed by atoms with Gasteiger partial charge in [0.25, 0.3) is 0 Å². The van der Waals surface area contributed by atoms with E-state index in [0.29, 0.717) is 18.3 Å². The highest BCUT2D eigenvalue weighted by molar-refractivity contribution is 5.79. The molecule has 0 fully saturated rings. The zero-order chi connectivity index (χ0) is 19.3. The smallest absolute Gasteiger partial charge is 0.221 e. The molecule has 0 aliphatic heterocycles. The minimum absolute atomic E-state index is 0.524. The second-order valence-electron chi connectivity index (χ2n) is 6.32. The Labute approximate surface area is 162 Å². The van der Waals surface area contributed by atoms with Gasteiger partial charge in [0.2, 0.25) is 11.8 Å². The molecule has 0 bridgehead atoms. The topological polar surface area (TPSA) is 85.0 Å². The first kappa shape index (κ1) is 17.8. The van der Waals surface area contributed by atoms with E-state index < -0.39 is 0 Å². The number of hydrogen-bond acceptors (Lipinski definition) is 6. The van der Waals surface area contributed by atoms with Gasteiger partial charge in [-0.25, -0.2) is 9.97 Å². The molecule has 28 heavy (non-hydrogen) atoms. The molecule has 7 heteroatoms. The summed E-state index contributed by atoms with van der Waals surface area (Å²) < 4.78 is 10.5. The lowest BCUT2D eigenvalue weighted by atomic mass is 10.1. The number of hydrogen-bond donors (Lipinski definition) is 2. The lowest BCUT2D eigenvalue weighted by Crippen LogP contribution is -2.05. The van der Waals surface area contributed by atoms with Gasteiger partial charge in [0.15, 0.2) is 0 Å². The summed E-state index contributed by atoms with van der Waals surface area (Å²) >= 11 is 0. The predicted molar refractivity (Wildman–Crippen MR) is 108 cm³/mol. The molecule has 4 aromatic heterocycles. The first-order chi connectivity index (χ1) is 13.8. The average molecular weight is 375 g/mol. The number of H-pyrrole nitrogens is 1. The Morgan fingerprint density at radius 1 is 1.00 bits per heavy atom. The first-order valence-corrected chi connectivity index (χ1v) is 8.94. The van der Waals surface area contributed by atoms with E-state index in [4.69, 9.17) is 9.47 Å². The highest BCUT2D eigenvalue weighted by Crippen LogP contribution is 2.22. The standard InChI is InChI=1S/C21H21N5O2/c1-27-19-8-6-15(21(26-19)28-2)12-24-18-7-5-14(11-23-18)10-16-13-25-20-17(16)4-3-9-22-20/h3-9,11,13H,10,12H2,1-2H3,(H,22,25)(H,23,24). The summed E-state index contributed by atoms with van der Waals surface area (Å²) in [6.45, 7) is 0.556. The number of pyridine rings is 3. The van der Waals surface area contributed by atoms with E-state index in [1.807, 2.05) is 36.7 Å². The normalized spacial score (nSPS) is 10.8. The third-order valence-corrected chi connectivity index (χ3v) is 4.53. The first-order valence-electron chi connectivity index (χ1n) is 8.94. The fourth-order valence-corrected chi connectivity index (χ4v) is 3.08. The van der Waals surface area contributed by atoms with Crippen molar-refractivity contribution in [3.63, 3.8) is 0 Å². The summed E-state index contributed by atoms with van der Waals surface area (Å²) in [5.41, 5.74) is 4.19. The Hall–Kier alpha value is -3.61. The third kappa shape index (κ3) is 3.73. The van der Waals surface area contributed by atoms with Gasteiger partial charge < -0.3 is 19.8 Å². The highest BCUT2D eigenvalue weighted by atomic mass is 16.5. The third-order valence-electron chi connectivity index (χ3n) is 4.53. The molecule has 0 aromatic carbocycles. The summed E-state index contributed by atoms with van der Waals surface area (Å²) in [6.07, 6.45) is 6.49. The molecule has 0 saturated carbocycles. The van der Waals surface area contributed by atoms with E-state index in [0.717, 1.165) is 34.4 Å². The summed E-state index contributed by atoms with van der Waals surface area (Å²) in [6, 6.07) is 11.8. The lowest BCUT2D eigenvalue weighted by molar-refractivity contribution is 0.361.